The molecule has 0 bridgehead atoms. The number of hydrogen-bond donors (Lipinski definition) is 1. The molecule has 1 unspecified atom stereocenters. The fraction of sp³-hybridized carbons (Fsp3) is 0.188. The highest BCUT2D eigenvalue weighted by molar-refractivity contribution is 14.1. The maximum Gasteiger partial charge on any atom is 0.267 e. The lowest BCUT2D eigenvalue weighted by molar-refractivity contribution is -0.122. The summed E-state index contributed by atoms with van der Waals surface area (Å²) in [7, 11) is -3.59. The van der Waals surface area contributed by atoms with E-state index in [0.29, 0.717) is 22.1 Å². The van der Waals surface area contributed by atoms with Crippen LogP contribution >= 0.6 is 34.2 Å². The summed E-state index contributed by atoms with van der Waals surface area (Å²) in [4.78, 5) is 12.5. The summed E-state index contributed by atoms with van der Waals surface area (Å²) in [5.74, 6) is -0.126. The van der Waals surface area contributed by atoms with Gasteiger partial charge in [0.1, 0.15) is 5.75 Å². The minimum Gasteiger partial charge on any atom is -0.476 e. The third kappa shape index (κ3) is 4.18. The van der Waals surface area contributed by atoms with Crippen molar-refractivity contribution in [3.63, 3.8) is 0 Å². The van der Waals surface area contributed by atoms with Crippen molar-refractivity contribution in [2.75, 3.05) is 22.4 Å². The smallest absolute Gasteiger partial charge is 0.267 e. The largest absolute Gasteiger partial charge is 0.476 e. The number of fused-ring (bicyclic) bond motifs is 1. The zero-order chi connectivity index (χ0) is 18.2. The van der Waals surface area contributed by atoms with Gasteiger partial charge in [-0.25, -0.2) is 8.42 Å². The topological polar surface area (TPSA) is 75.7 Å². The molecule has 2 aromatic carbocycles. The van der Waals surface area contributed by atoms with Gasteiger partial charge >= 0.3 is 0 Å². The zero-order valence-corrected chi connectivity index (χ0v) is 16.8. The number of sulfonamides is 1. The standard InChI is InChI=1S/C16H14ClIN2O4S/c1-25(22,23)20-9-15(24-14-7-2-10(17)8-13(14)20)16(21)19-12-5-3-11(18)4-6-12/h2-8,15H,9H2,1H3,(H,19,21). The van der Waals surface area contributed by atoms with Gasteiger partial charge < -0.3 is 10.1 Å². The van der Waals surface area contributed by atoms with Crippen LogP contribution in [0, 0.1) is 3.57 Å². The van der Waals surface area contributed by atoms with Crippen LogP contribution in [0.5, 0.6) is 5.75 Å². The molecule has 25 heavy (non-hydrogen) atoms. The normalized spacial score (nSPS) is 16.8. The van der Waals surface area contributed by atoms with Crippen molar-refractivity contribution in [3.05, 3.63) is 51.1 Å². The number of anilines is 2. The van der Waals surface area contributed by atoms with E-state index in [2.05, 4.69) is 27.9 Å². The molecule has 1 amide bonds. The fourth-order valence-corrected chi connectivity index (χ4v) is 3.86. The molecule has 1 aliphatic heterocycles. The lowest BCUT2D eigenvalue weighted by atomic mass is 10.2. The Morgan fingerprint density at radius 2 is 1.96 bits per heavy atom. The summed E-state index contributed by atoms with van der Waals surface area (Å²) in [6, 6.07) is 11.9. The first kappa shape index (κ1) is 18.3. The highest BCUT2D eigenvalue weighted by Crippen LogP contribution is 2.37. The third-order valence-corrected chi connectivity index (χ3v) is 5.70. The first-order valence-electron chi connectivity index (χ1n) is 7.24. The molecular weight excluding hydrogens is 479 g/mol. The van der Waals surface area contributed by atoms with Gasteiger partial charge in [-0.1, -0.05) is 11.6 Å². The van der Waals surface area contributed by atoms with Crippen molar-refractivity contribution in [3.8, 4) is 5.75 Å². The maximum atomic E-state index is 12.5. The zero-order valence-electron chi connectivity index (χ0n) is 13.1. The number of nitrogens with one attached hydrogen (secondary N) is 1. The number of rotatable bonds is 3. The average molecular weight is 493 g/mol. The number of ether oxygens (including phenoxy) is 1. The van der Waals surface area contributed by atoms with E-state index in [0.717, 1.165) is 14.1 Å². The van der Waals surface area contributed by atoms with Crippen LogP contribution in [0.15, 0.2) is 42.5 Å². The summed E-state index contributed by atoms with van der Waals surface area (Å²) < 4.78 is 32.1. The molecule has 1 aliphatic rings. The van der Waals surface area contributed by atoms with Crippen LogP contribution in [0.4, 0.5) is 11.4 Å². The quantitative estimate of drug-likeness (QED) is 0.668. The molecule has 0 spiro atoms. The number of halogens is 2. The predicted molar refractivity (Wildman–Crippen MR) is 106 cm³/mol. The predicted octanol–water partition coefficient (Wildman–Crippen LogP) is 3.11. The number of nitrogens with zero attached hydrogens (tertiary/aromatic N) is 1. The second kappa shape index (κ2) is 7.00. The molecule has 9 heteroatoms. The van der Waals surface area contributed by atoms with E-state index in [1.165, 1.54) is 6.07 Å². The van der Waals surface area contributed by atoms with Crippen LogP contribution in [0.3, 0.4) is 0 Å². The Balaban J connectivity index is 1.87. The van der Waals surface area contributed by atoms with Gasteiger partial charge in [-0.05, 0) is 65.1 Å². The first-order valence-corrected chi connectivity index (χ1v) is 10.5. The Labute approximate surface area is 164 Å². The van der Waals surface area contributed by atoms with E-state index in [1.54, 1.807) is 24.3 Å². The number of benzene rings is 2. The van der Waals surface area contributed by atoms with E-state index < -0.39 is 22.0 Å². The van der Waals surface area contributed by atoms with E-state index in [1.807, 2.05) is 12.1 Å². The molecule has 0 saturated heterocycles. The fourth-order valence-electron chi connectivity index (χ4n) is 2.43. The number of carbonyl (C=O) groups is 1. The first-order chi connectivity index (χ1) is 11.7. The van der Waals surface area contributed by atoms with Crippen LogP contribution in [0.2, 0.25) is 5.02 Å². The van der Waals surface area contributed by atoms with Crippen LogP contribution in [-0.2, 0) is 14.8 Å². The average Bonchev–Trinajstić information content (AvgIpc) is 2.55. The molecule has 0 saturated carbocycles. The molecule has 3 rings (SSSR count). The van der Waals surface area contributed by atoms with E-state index in [-0.39, 0.29) is 6.54 Å². The Hall–Kier alpha value is -1.52. The van der Waals surface area contributed by atoms with Crippen molar-refractivity contribution in [2.45, 2.75) is 6.10 Å². The van der Waals surface area contributed by atoms with Crippen molar-refractivity contribution >= 4 is 61.5 Å². The van der Waals surface area contributed by atoms with Gasteiger partial charge in [-0.2, -0.15) is 0 Å². The van der Waals surface area contributed by atoms with Crippen molar-refractivity contribution in [1.29, 1.82) is 0 Å². The summed E-state index contributed by atoms with van der Waals surface area (Å²) >= 11 is 8.12. The van der Waals surface area contributed by atoms with Gasteiger partial charge in [0.15, 0.2) is 6.10 Å². The number of carbonyl (C=O) groups excluding carboxylic acids is 1. The van der Waals surface area contributed by atoms with E-state index >= 15 is 0 Å². The minimum absolute atomic E-state index is 0.123. The monoisotopic (exact) mass is 492 g/mol. The molecule has 0 radical (unpaired) electrons. The van der Waals surface area contributed by atoms with Crippen LogP contribution in [0.25, 0.3) is 0 Å². The Morgan fingerprint density at radius 3 is 2.60 bits per heavy atom. The van der Waals surface area contributed by atoms with Gasteiger partial charge in [0, 0.05) is 14.3 Å². The summed E-state index contributed by atoms with van der Waals surface area (Å²) in [5, 5.41) is 3.13. The molecule has 1 N–H and O–H groups in total. The van der Waals surface area contributed by atoms with Gasteiger partial charge in [0.05, 0.1) is 18.5 Å². The van der Waals surface area contributed by atoms with Gasteiger partial charge in [0.2, 0.25) is 10.0 Å². The molecule has 6 nitrogen and oxygen atoms in total. The highest BCUT2D eigenvalue weighted by atomic mass is 127. The summed E-state index contributed by atoms with van der Waals surface area (Å²) in [5.41, 5.74) is 0.940. The molecule has 132 valence electrons. The van der Waals surface area contributed by atoms with Gasteiger partial charge in [0.25, 0.3) is 5.91 Å². The molecule has 1 atom stereocenters. The van der Waals surface area contributed by atoms with Gasteiger partial charge in [-0.3, -0.25) is 9.10 Å². The van der Waals surface area contributed by atoms with Crippen molar-refractivity contribution < 1.29 is 17.9 Å². The molecule has 1 heterocycles. The second-order valence-electron chi connectivity index (χ2n) is 5.51. The summed E-state index contributed by atoms with van der Waals surface area (Å²) in [6.07, 6.45) is 0.111. The number of amides is 1. The van der Waals surface area contributed by atoms with Crippen molar-refractivity contribution in [1.82, 2.24) is 0 Å². The molecule has 0 aliphatic carbocycles. The molecule has 2 aromatic rings. The third-order valence-electron chi connectivity index (χ3n) is 3.60. The number of hydrogen-bond acceptors (Lipinski definition) is 4. The lowest BCUT2D eigenvalue weighted by Gasteiger charge is -2.34. The highest BCUT2D eigenvalue weighted by Gasteiger charge is 2.35. The van der Waals surface area contributed by atoms with E-state index in [9.17, 15) is 13.2 Å². The summed E-state index contributed by atoms with van der Waals surface area (Å²) in [6.45, 7) is -0.123. The van der Waals surface area contributed by atoms with Crippen LogP contribution in [-0.4, -0.2) is 33.2 Å². The minimum atomic E-state index is -3.59. The Kier molecular flexibility index (Phi) is 5.12. The lowest BCUT2D eigenvalue weighted by Crippen LogP contribution is -2.48. The Bertz CT molecular complexity index is 918. The van der Waals surface area contributed by atoms with Crippen molar-refractivity contribution in [2.24, 2.45) is 0 Å². The van der Waals surface area contributed by atoms with Crippen LogP contribution in [0.1, 0.15) is 0 Å². The van der Waals surface area contributed by atoms with E-state index in [4.69, 9.17) is 16.3 Å². The molecular formula is C16H14ClIN2O4S. The Morgan fingerprint density at radius 1 is 1.28 bits per heavy atom. The maximum absolute atomic E-state index is 12.5. The molecule has 0 fully saturated rings. The molecule has 0 aromatic heterocycles. The SMILES string of the molecule is CS(=O)(=O)N1CC(C(=O)Nc2ccc(I)cc2)Oc2ccc(Cl)cc21. The van der Waals surface area contributed by atoms with Gasteiger partial charge in [-0.15, -0.1) is 0 Å². The second-order valence-corrected chi connectivity index (χ2v) is 9.10. The van der Waals surface area contributed by atoms with Crippen LogP contribution < -0.4 is 14.4 Å².